The second-order valence-electron chi connectivity index (χ2n) is 3.73. The van der Waals surface area contributed by atoms with Gasteiger partial charge >= 0.3 is 5.69 Å². The lowest BCUT2D eigenvalue weighted by Crippen LogP contribution is -2.34. The summed E-state index contributed by atoms with van der Waals surface area (Å²) in [5.74, 6) is -0.604. The molecular weight excluding hydrogens is 244 g/mol. The molecule has 4 N–H and O–H groups in total. The summed E-state index contributed by atoms with van der Waals surface area (Å²) in [4.78, 5) is 24.3. The van der Waals surface area contributed by atoms with Gasteiger partial charge < -0.3 is 20.1 Å². The number of hydrogen-bond acceptors (Lipinski definition) is 6. The number of aliphatic hydroxyl groups excluding tert-OH is 2. The summed E-state index contributed by atoms with van der Waals surface area (Å²) in [6.07, 6.45) is -0.264. The molecule has 0 spiro atoms. The van der Waals surface area contributed by atoms with Crippen LogP contribution in [-0.4, -0.2) is 44.2 Å². The van der Waals surface area contributed by atoms with E-state index in [4.69, 9.17) is 14.9 Å². The van der Waals surface area contributed by atoms with Gasteiger partial charge in [-0.25, -0.2) is 4.79 Å². The van der Waals surface area contributed by atoms with Crippen LogP contribution in [0.4, 0.5) is 0 Å². The molecule has 0 aliphatic carbocycles. The number of rotatable bonds is 6. The van der Waals surface area contributed by atoms with E-state index in [1.54, 1.807) is 0 Å². The molecule has 0 aromatic carbocycles. The number of hydrogen-bond donors (Lipinski definition) is 4. The van der Waals surface area contributed by atoms with Crippen LogP contribution in [0.25, 0.3) is 0 Å². The number of ether oxygens (including phenoxy) is 1. The van der Waals surface area contributed by atoms with Crippen molar-refractivity contribution in [3.8, 4) is 5.75 Å². The number of H-pyrrole nitrogens is 1. The molecule has 1 aromatic rings. The third-order valence-corrected chi connectivity index (χ3v) is 2.38. The lowest BCUT2D eigenvalue weighted by molar-refractivity contribution is -0.0751. The fourth-order valence-electron chi connectivity index (χ4n) is 1.44. The third-order valence-electron chi connectivity index (χ3n) is 2.38. The van der Waals surface area contributed by atoms with E-state index in [0.717, 1.165) is 10.8 Å². The van der Waals surface area contributed by atoms with E-state index in [9.17, 15) is 14.7 Å². The van der Waals surface area contributed by atoms with Crippen LogP contribution in [0, 0.1) is 0 Å². The van der Waals surface area contributed by atoms with Crippen molar-refractivity contribution in [2.24, 2.45) is 0 Å². The van der Waals surface area contributed by atoms with Crippen LogP contribution in [0.5, 0.6) is 5.75 Å². The molecule has 0 saturated heterocycles. The van der Waals surface area contributed by atoms with Gasteiger partial charge in [0.1, 0.15) is 6.23 Å². The number of aromatic amines is 1. The zero-order valence-electron chi connectivity index (χ0n) is 9.87. The van der Waals surface area contributed by atoms with E-state index >= 15 is 0 Å². The maximum absolute atomic E-state index is 11.5. The van der Waals surface area contributed by atoms with Crippen LogP contribution in [0.2, 0.25) is 0 Å². The molecule has 1 rings (SSSR count). The topological polar surface area (TPSA) is 125 Å². The van der Waals surface area contributed by atoms with E-state index < -0.39 is 29.3 Å². The average molecular weight is 260 g/mol. The molecule has 18 heavy (non-hydrogen) atoms. The first-order valence-corrected chi connectivity index (χ1v) is 5.41. The minimum Gasteiger partial charge on any atom is -0.502 e. The number of nitrogens with zero attached hydrogens (tertiary/aromatic N) is 1. The van der Waals surface area contributed by atoms with Crippen LogP contribution in [0.1, 0.15) is 19.6 Å². The molecule has 0 fully saturated rings. The number of aliphatic hydroxyl groups is 2. The summed E-state index contributed by atoms with van der Waals surface area (Å²) < 4.78 is 6.30. The Morgan fingerprint density at radius 1 is 1.44 bits per heavy atom. The second-order valence-corrected chi connectivity index (χ2v) is 3.73. The van der Waals surface area contributed by atoms with Crippen molar-refractivity contribution in [2.45, 2.75) is 25.7 Å². The largest absolute Gasteiger partial charge is 0.502 e. The Morgan fingerprint density at radius 2 is 2.11 bits per heavy atom. The van der Waals surface area contributed by atoms with Gasteiger partial charge in [-0.3, -0.25) is 14.3 Å². The van der Waals surface area contributed by atoms with E-state index in [1.807, 2.05) is 4.98 Å². The summed E-state index contributed by atoms with van der Waals surface area (Å²) in [5, 5.41) is 26.9. The minimum absolute atomic E-state index is 0.163. The predicted molar refractivity (Wildman–Crippen MR) is 61.4 cm³/mol. The van der Waals surface area contributed by atoms with Gasteiger partial charge in [0.25, 0.3) is 5.56 Å². The van der Waals surface area contributed by atoms with Crippen LogP contribution in [0.3, 0.4) is 0 Å². The smallest absolute Gasteiger partial charge is 0.330 e. The quantitative estimate of drug-likeness (QED) is 0.494. The summed E-state index contributed by atoms with van der Waals surface area (Å²) >= 11 is 0. The Morgan fingerprint density at radius 3 is 2.67 bits per heavy atom. The molecule has 0 radical (unpaired) electrons. The highest BCUT2D eigenvalue weighted by Crippen LogP contribution is 2.11. The first kappa shape index (κ1) is 14.4. The fraction of sp³-hybridized carbons (Fsp3) is 0.600. The van der Waals surface area contributed by atoms with E-state index in [1.165, 1.54) is 6.92 Å². The molecule has 1 aromatic heterocycles. The van der Waals surface area contributed by atoms with E-state index in [-0.39, 0.29) is 19.6 Å². The summed E-state index contributed by atoms with van der Waals surface area (Å²) in [7, 11) is 0. The van der Waals surface area contributed by atoms with Crippen molar-refractivity contribution < 1.29 is 20.1 Å². The van der Waals surface area contributed by atoms with Gasteiger partial charge in [0, 0.05) is 6.61 Å². The molecule has 0 saturated carbocycles. The molecule has 0 amide bonds. The zero-order chi connectivity index (χ0) is 13.7. The number of aromatic nitrogens is 2. The Kier molecular flexibility index (Phi) is 5.08. The second kappa shape index (κ2) is 6.34. The third kappa shape index (κ3) is 3.42. The van der Waals surface area contributed by atoms with Gasteiger partial charge in [0.2, 0.25) is 0 Å². The number of nitrogens with one attached hydrogen (secondary N) is 1. The molecule has 0 aliphatic rings. The van der Waals surface area contributed by atoms with Crippen LogP contribution < -0.4 is 11.2 Å². The highest BCUT2D eigenvalue weighted by atomic mass is 16.5. The molecule has 8 nitrogen and oxygen atoms in total. The predicted octanol–water partition coefficient (Wildman–Crippen LogP) is -1.48. The molecule has 102 valence electrons. The number of aromatic hydroxyl groups is 1. The van der Waals surface area contributed by atoms with E-state index in [0.29, 0.717) is 0 Å². The molecule has 1 unspecified atom stereocenters. The van der Waals surface area contributed by atoms with Crippen LogP contribution >= 0.6 is 0 Å². The zero-order valence-corrected chi connectivity index (χ0v) is 9.87. The molecule has 2 atom stereocenters. The van der Waals surface area contributed by atoms with Gasteiger partial charge in [-0.1, -0.05) is 0 Å². The van der Waals surface area contributed by atoms with Gasteiger partial charge in [-0.05, 0) is 13.3 Å². The fourth-order valence-corrected chi connectivity index (χ4v) is 1.44. The van der Waals surface area contributed by atoms with Gasteiger partial charge in [0.05, 0.1) is 18.9 Å². The van der Waals surface area contributed by atoms with Gasteiger partial charge in [-0.2, -0.15) is 0 Å². The van der Waals surface area contributed by atoms with Crippen molar-refractivity contribution in [1.82, 2.24) is 9.55 Å². The first-order valence-electron chi connectivity index (χ1n) is 5.41. The highest BCUT2D eigenvalue weighted by Gasteiger charge is 2.15. The van der Waals surface area contributed by atoms with Crippen molar-refractivity contribution in [3.63, 3.8) is 0 Å². The van der Waals surface area contributed by atoms with E-state index in [2.05, 4.69) is 0 Å². The van der Waals surface area contributed by atoms with Crippen molar-refractivity contribution in [1.29, 1.82) is 0 Å². The summed E-state index contributed by atoms with van der Waals surface area (Å²) in [6, 6.07) is 0. The standard InChI is InChI=1S/C10H16N2O6/c1-6(18-7(5-14)2-3-13)12-4-8(15)9(16)11-10(12)17/h4,6-7,13-15H,2-3,5H2,1H3,(H,11,16,17)/t6?,7-/m0/s1. The molecular formula is C10H16N2O6. The molecule has 1 heterocycles. The molecule has 8 heteroatoms. The van der Waals surface area contributed by atoms with Gasteiger partial charge in [-0.15, -0.1) is 0 Å². The molecule has 0 bridgehead atoms. The normalized spacial score (nSPS) is 14.4. The Labute approximate surface area is 102 Å². The van der Waals surface area contributed by atoms with Gasteiger partial charge in [0.15, 0.2) is 5.75 Å². The maximum Gasteiger partial charge on any atom is 0.330 e. The summed E-state index contributed by atoms with van der Waals surface area (Å²) in [5.41, 5.74) is -1.61. The van der Waals surface area contributed by atoms with Crippen LogP contribution in [-0.2, 0) is 4.74 Å². The van der Waals surface area contributed by atoms with Crippen molar-refractivity contribution in [3.05, 3.63) is 27.0 Å². The monoisotopic (exact) mass is 260 g/mol. The summed E-state index contributed by atoms with van der Waals surface area (Å²) in [6.45, 7) is 1.04. The van der Waals surface area contributed by atoms with Crippen LogP contribution in [0.15, 0.2) is 15.8 Å². The maximum atomic E-state index is 11.5. The Bertz CT molecular complexity index is 494. The van der Waals surface area contributed by atoms with Crippen molar-refractivity contribution >= 4 is 0 Å². The Balaban J connectivity index is 2.90. The highest BCUT2D eigenvalue weighted by molar-refractivity contribution is 5.09. The molecule has 0 aliphatic heterocycles. The Hall–Kier alpha value is -1.64. The first-order chi connectivity index (χ1) is 8.49. The lowest BCUT2D eigenvalue weighted by Gasteiger charge is -2.21. The SMILES string of the molecule is CC(O[C@H](CO)CCO)n1cc(O)c(=O)[nH]c1=O. The lowest BCUT2D eigenvalue weighted by atomic mass is 10.3. The average Bonchev–Trinajstić information content (AvgIpc) is 2.33. The minimum atomic E-state index is -0.877. The van der Waals surface area contributed by atoms with Crippen molar-refractivity contribution in [2.75, 3.05) is 13.2 Å².